The molecule has 2 aromatic rings. The smallest absolute Gasteiger partial charge is 0.369 e. The van der Waals surface area contributed by atoms with Crippen molar-refractivity contribution in [3.63, 3.8) is 0 Å². The quantitative estimate of drug-likeness (QED) is 0.836. The van der Waals surface area contributed by atoms with Crippen LogP contribution in [0.1, 0.15) is 17.5 Å². The van der Waals surface area contributed by atoms with E-state index in [0.29, 0.717) is 11.3 Å². The van der Waals surface area contributed by atoms with Crippen LogP contribution < -0.4 is 10.2 Å². The lowest BCUT2D eigenvalue weighted by molar-refractivity contribution is -0.137. The molecule has 1 aliphatic heterocycles. The van der Waals surface area contributed by atoms with Gasteiger partial charge in [-0.25, -0.2) is 0 Å². The first-order chi connectivity index (χ1) is 13.3. The van der Waals surface area contributed by atoms with Crippen LogP contribution in [0.5, 0.6) is 0 Å². The van der Waals surface area contributed by atoms with Gasteiger partial charge in [-0.1, -0.05) is 18.2 Å². The lowest BCUT2D eigenvalue weighted by Crippen LogP contribution is -2.44. The summed E-state index contributed by atoms with van der Waals surface area (Å²) in [4.78, 5) is 16.7. The van der Waals surface area contributed by atoms with Gasteiger partial charge >= 0.3 is 6.18 Å². The summed E-state index contributed by atoms with van der Waals surface area (Å²) in [5, 5.41) is 2.81. The molecule has 0 aliphatic carbocycles. The van der Waals surface area contributed by atoms with E-state index in [9.17, 15) is 18.0 Å². The summed E-state index contributed by atoms with van der Waals surface area (Å²) in [6, 6.07) is 12.8. The Hall–Kier alpha value is -2.54. The van der Waals surface area contributed by atoms with Crippen molar-refractivity contribution in [2.24, 2.45) is 0 Å². The lowest BCUT2D eigenvalue weighted by Gasteiger charge is -2.34. The molecule has 1 heterocycles. The summed E-state index contributed by atoms with van der Waals surface area (Å²) in [6.45, 7) is 3.99. The standard InChI is InChI=1S/C21H24F3N3O/c1-26-11-13-27(14-12-26)19-8-6-18(7-9-19)25-20(28)10-5-16-3-2-4-17(15-16)21(22,23)24/h2-4,6-9,15H,5,10-14H2,1H3,(H,25,28). The van der Waals surface area contributed by atoms with Crippen LogP contribution in [-0.4, -0.2) is 44.0 Å². The first-order valence-corrected chi connectivity index (χ1v) is 9.31. The predicted molar refractivity (Wildman–Crippen MR) is 105 cm³/mol. The summed E-state index contributed by atoms with van der Waals surface area (Å²) in [6.07, 6.45) is -3.99. The maximum atomic E-state index is 12.8. The van der Waals surface area contributed by atoms with Crippen LogP contribution in [0.3, 0.4) is 0 Å². The number of hydrogen-bond acceptors (Lipinski definition) is 3. The van der Waals surface area contributed by atoms with Gasteiger partial charge in [0.15, 0.2) is 0 Å². The van der Waals surface area contributed by atoms with E-state index in [1.165, 1.54) is 6.07 Å². The second kappa shape index (κ2) is 8.65. The number of carbonyl (C=O) groups excluding carboxylic acids is 1. The Morgan fingerprint density at radius 3 is 2.36 bits per heavy atom. The van der Waals surface area contributed by atoms with Gasteiger partial charge in [0, 0.05) is 44.0 Å². The zero-order chi connectivity index (χ0) is 20.1. The molecule has 2 aromatic carbocycles. The van der Waals surface area contributed by atoms with Crippen LogP contribution in [-0.2, 0) is 17.4 Å². The number of carbonyl (C=O) groups is 1. The molecule has 0 aromatic heterocycles. The zero-order valence-corrected chi connectivity index (χ0v) is 15.8. The van der Waals surface area contributed by atoms with E-state index < -0.39 is 11.7 Å². The fraction of sp³-hybridized carbons (Fsp3) is 0.381. The number of hydrogen-bond donors (Lipinski definition) is 1. The molecule has 0 radical (unpaired) electrons. The largest absolute Gasteiger partial charge is 0.416 e. The molecule has 0 saturated carbocycles. The summed E-state index contributed by atoms with van der Waals surface area (Å²) in [5.74, 6) is -0.218. The van der Waals surface area contributed by atoms with Gasteiger partial charge in [-0.15, -0.1) is 0 Å². The van der Waals surface area contributed by atoms with Crippen LogP contribution in [0.15, 0.2) is 48.5 Å². The Morgan fingerprint density at radius 1 is 1.04 bits per heavy atom. The number of halogens is 3. The molecule has 1 saturated heterocycles. The monoisotopic (exact) mass is 391 g/mol. The molecule has 3 rings (SSSR count). The van der Waals surface area contributed by atoms with Crippen molar-refractivity contribution in [2.45, 2.75) is 19.0 Å². The van der Waals surface area contributed by atoms with Crippen molar-refractivity contribution in [2.75, 3.05) is 43.4 Å². The lowest BCUT2D eigenvalue weighted by atomic mass is 10.1. The Bertz CT molecular complexity index is 797. The normalized spacial score (nSPS) is 15.5. The van der Waals surface area contributed by atoms with Crippen molar-refractivity contribution in [3.05, 3.63) is 59.7 Å². The Kier molecular flexibility index (Phi) is 6.24. The zero-order valence-electron chi connectivity index (χ0n) is 15.8. The first-order valence-electron chi connectivity index (χ1n) is 9.31. The van der Waals surface area contributed by atoms with E-state index in [-0.39, 0.29) is 18.7 Å². The van der Waals surface area contributed by atoms with Crippen molar-refractivity contribution in [1.82, 2.24) is 4.90 Å². The molecule has 0 bridgehead atoms. The molecule has 1 aliphatic rings. The third-order valence-electron chi connectivity index (χ3n) is 4.91. The van der Waals surface area contributed by atoms with Gasteiger partial charge in [0.2, 0.25) is 5.91 Å². The molecule has 1 amide bonds. The topological polar surface area (TPSA) is 35.6 Å². The van der Waals surface area contributed by atoms with Crippen LogP contribution in [0.2, 0.25) is 0 Å². The number of nitrogens with zero attached hydrogens (tertiary/aromatic N) is 2. The third-order valence-corrected chi connectivity index (χ3v) is 4.91. The molecular weight excluding hydrogens is 367 g/mol. The summed E-state index contributed by atoms with van der Waals surface area (Å²) >= 11 is 0. The van der Waals surface area contributed by atoms with Gasteiger partial charge in [-0.3, -0.25) is 4.79 Å². The highest BCUT2D eigenvalue weighted by Crippen LogP contribution is 2.29. The SMILES string of the molecule is CN1CCN(c2ccc(NC(=O)CCc3cccc(C(F)(F)F)c3)cc2)CC1. The average Bonchev–Trinajstić information content (AvgIpc) is 2.67. The van der Waals surface area contributed by atoms with Crippen LogP contribution >= 0.6 is 0 Å². The second-order valence-corrected chi connectivity index (χ2v) is 7.08. The van der Waals surface area contributed by atoms with Crippen molar-refractivity contribution < 1.29 is 18.0 Å². The van der Waals surface area contributed by atoms with Gasteiger partial charge in [-0.05, 0) is 49.4 Å². The molecule has 28 heavy (non-hydrogen) atoms. The van der Waals surface area contributed by atoms with Gasteiger partial charge in [-0.2, -0.15) is 13.2 Å². The van der Waals surface area contributed by atoms with Gasteiger partial charge in [0.05, 0.1) is 5.56 Å². The second-order valence-electron chi connectivity index (χ2n) is 7.08. The molecule has 1 fully saturated rings. The van der Waals surface area contributed by atoms with Crippen LogP contribution in [0, 0.1) is 0 Å². The van der Waals surface area contributed by atoms with E-state index >= 15 is 0 Å². The summed E-state index contributed by atoms with van der Waals surface area (Å²) < 4.78 is 38.3. The predicted octanol–water partition coefficient (Wildman–Crippen LogP) is 4.03. The number of anilines is 2. The van der Waals surface area contributed by atoms with Crippen molar-refractivity contribution in [3.8, 4) is 0 Å². The molecular formula is C21H24F3N3O. The van der Waals surface area contributed by atoms with Crippen molar-refractivity contribution in [1.29, 1.82) is 0 Å². The number of piperazine rings is 1. The minimum atomic E-state index is -4.37. The number of amides is 1. The first kappa shape index (κ1) is 20.2. The highest BCUT2D eigenvalue weighted by atomic mass is 19.4. The fourth-order valence-electron chi connectivity index (χ4n) is 3.20. The number of rotatable bonds is 5. The third kappa shape index (κ3) is 5.48. The van der Waals surface area contributed by atoms with Gasteiger partial charge in [0.25, 0.3) is 0 Å². The van der Waals surface area contributed by atoms with Crippen molar-refractivity contribution >= 4 is 17.3 Å². The summed E-state index contributed by atoms with van der Waals surface area (Å²) in [7, 11) is 2.11. The van der Waals surface area contributed by atoms with Crippen LogP contribution in [0.25, 0.3) is 0 Å². The maximum Gasteiger partial charge on any atom is 0.416 e. The molecule has 4 nitrogen and oxygen atoms in total. The molecule has 0 atom stereocenters. The molecule has 150 valence electrons. The number of likely N-dealkylation sites (N-methyl/N-ethyl adjacent to an activating group) is 1. The minimum absolute atomic E-state index is 0.127. The number of nitrogens with one attached hydrogen (secondary N) is 1. The highest BCUT2D eigenvalue weighted by molar-refractivity contribution is 5.91. The molecule has 0 spiro atoms. The van der Waals surface area contributed by atoms with Gasteiger partial charge < -0.3 is 15.1 Å². The molecule has 7 heteroatoms. The maximum absolute atomic E-state index is 12.8. The Morgan fingerprint density at radius 2 is 1.71 bits per heavy atom. The highest BCUT2D eigenvalue weighted by Gasteiger charge is 2.30. The molecule has 0 unspecified atom stereocenters. The van der Waals surface area contributed by atoms with Gasteiger partial charge in [0.1, 0.15) is 0 Å². The number of aryl methyl sites for hydroxylation is 1. The van der Waals surface area contributed by atoms with E-state index in [1.54, 1.807) is 6.07 Å². The van der Waals surface area contributed by atoms with E-state index in [4.69, 9.17) is 0 Å². The summed E-state index contributed by atoms with van der Waals surface area (Å²) in [5.41, 5.74) is 1.61. The molecule has 1 N–H and O–H groups in total. The number of alkyl halides is 3. The van der Waals surface area contributed by atoms with Crippen LogP contribution in [0.4, 0.5) is 24.5 Å². The minimum Gasteiger partial charge on any atom is -0.369 e. The van der Waals surface area contributed by atoms with E-state index in [2.05, 4.69) is 22.2 Å². The Balaban J connectivity index is 1.51. The average molecular weight is 391 g/mol. The fourth-order valence-corrected chi connectivity index (χ4v) is 3.20. The Labute approximate surface area is 162 Å². The number of benzene rings is 2. The van der Waals surface area contributed by atoms with E-state index in [1.807, 2.05) is 24.3 Å². The van der Waals surface area contributed by atoms with E-state index in [0.717, 1.165) is 44.0 Å².